The van der Waals surface area contributed by atoms with E-state index in [-0.39, 0.29) is 1.43 Å². The predicted molar refractivity (Wildman–Crippen MR) is 18.0 cm³/mol. The van der Waals surface area contributed by atoms with Crippen molar-refractivity contribution in [2.75, 3.05) is 0 Å². The van der Waals surface area contributed by atoms with Gasteiger partial charge < -0.3 is 1.43 Å². The molecule has 0 bridgehead atoms. The number of rotatable bonds is 4. The normalized spacial score (nSPS) is 8.00. The maximum Gasteiger partial charge on any atom is -1.00 e. The summed E-state index contributed by atoms with van der Waals surface area (Å²) in [5.41, 5.74) is 0. The summed E-state index contributed by atoms with van der Waals surface area (Å²) in [4.78, 5) is 18.6. The van der Waals surface area contributed by atoms with Gasteiger partial charge in [-0.3, -0.25) is 0 Å². The summed E-state index contributed by atoms with van der Waals surface area (Å²) >= 11 is -4.48. The molecule has 0 heterocycles. The Morgan fingerprint density at radius 3 is 1.70 bits per heavy atom. The molecular weight excluding hydrogens is 231 g/mol. The van der Waals surface area contributed by atoms with Gasteiger partial charge in [-0.05, 0) is 0 Å². The van der Waals surface area contributed by atoms with Crippen molar-refractivity contribution in [2.45, 2.75) is 0 Å². The van der Waals surface area contributed by atoms with Crippen molar-refractivity contribution in [1.29, 1.82) is 0 Å². The Bertz CT molecular complexity index is 159. The minimum Gasteiger partial charge on any atom is -1.00 e. The van der Waals surface area contributed by atoms with Crippen LogP contribution in [0.15, 0.2) is 0 Å². The van der Waals surface area contributed by atoms with E-state index in [1.165, 1.54) is 0 Å². The summed E-state index contributed by atoms with van der Waals surface area (Å²) in [5.74, 6) is 0. The van der Waals surface area contributed by atoms with Gasteiger partial charge >= 0.3 is 61.7 Å². The largest absolute Gasteiger partial charge is 1.00 e. The fourth-order valence-corrected chi connectivity index (χ4v) is 0.819. The standard InChI is InChI=1S/2NO3.O.Zr.H/c2*2-1(3)4;;;/q2*-1;;+2;-1. The average Bonchev–Trinajstić information content (AvgIpc) is 1.58. The fraction of sp³-hybridized carbons (Fsp3) is 0. The first kappa shape index (κ1) is 9.08. The van der Waals surface area contributed by atoms with Gasteiger partial charge in [0.25, 0.3) is 0 Å². The second kappa shape index (κ2) is 3.99. The van der Waals surface area contributed by atoms with E-state index in [0.717, 1.165) is 0 Å². The van der Waals surface area contributed by atoms with E-state index in [2.05, 4.69) is 5.83 Å². The van der Waals surface area contributed by atoms with E-state index in [0.29, 0.717) is 0 Å². The first-order valence-corrected chi connectivity index (χ1v) is 4.72. The van der Waals surface area contributed by atoms with Crippen LogP contribution in [0.5, 0.6) is 0 Å². The molecule has 0 saturated heterocycles. The van der Waals surface area contributed by atoms with Crippen LogP contribution >= 0.6 is 0 Å². The van der Waals surface area contributed by atoms with Crippen LogP contribution < -0.4 is 0 Å². The van der Waals surface area contributed by atoms with Gasteiger partial charge in [0.15, 0.2) is 0 Å². The maximum atomic E-state index is 10.0. The van der Waals surface area contributed by atoms with Crippen LogP contribution in [-0.4, -0.2) is 10.2 Å². The van der Waals surface area contributed by atoms with Crippen LogP contribution in [0.1, 0.15) is 1.43 Å². The molecule has 0 N–H and O–H groups in total. The summed E-state index contributed by atoms with van der Waals surface area (Å²) < 4.78 is 16.5. The topological polar surface area (TPSA) is 122 Å². The van der Waals surface area contributed by atoms with Gasteiger partial charge in [-0.25, -0.2) is 0 Å². The van der Waals surface area contributed by atoms with E-state index in [4.69, 9.17) is 0 Å². The molecule has 0 aliphatic carbocycles. The zero-order chi connectivity index (χ0) is 8.15. The van der Waals surface area contributed by atoms with Crippen molar-refractivity contribution in [1.82, 2.24) is 0 Å². The van der Waals surface area contributed by atoms with Crippen molar-refractivity contribution in [3.63, 3.8) is 0 Å². The van der Waals surface area contributed by atoms with Gasteiger partial charge in [-0.15, -0.1) is 0 Å². The molecule has 10 heavy (non-hydrogen) atoms. The van der Waals surface area contributed by atoms with Gasteiger partial charge in [0.2, 0.25) is 0 Å². The van der Waals surface area contributed by atoms with E-state index in [1.54, 1.807) is 0 Å². The quantitative estimate of drug-likeness (QED) is 0.464. The van der Waals surface area contributed by atoms with Crippen molar-refractivity contribution in [2.24, 2.45) is 0 Å². The SMILES string of the molecule is O=[N+]([O-])[O][Zr](=[O])[O][N+](=O)[O-].[H-]. The Morgan fingerprint density at radius 1 is 1.20 bits per heavy atom. The van der Waals surface area contributed by atoms with Crippen LogP contribution in [0.2, 0.25) is 0 Å². The van der Waals surface area contributed by atoms with E-state index in [9.17, 15) is 23.0 Å². The molecule has 0 amide bonds. The molecule has 0 aliphatic heterocycles. The number of hydrogen-bond acceptors (Lipinski definition) is 7. The van der Waals surface area contributed by atoms with E-state index < -0.39 is 32.8 Å². The van der Waals surface area contributed by atoms with Gasteiger partial charge in [0, 0.05) is 0 Å². The molecule has 10 heteroatoms. The fourth-order valence-electron chi connectivity index (χ4n) is 0.138. The molecule has 0 radical (unpaired) electrons. The van der Waals surface area contributed by atoms with Crippen LogP contribution in [0.25, 0.3) is 0 Å². The smallest absolute Gasteiger partial charge is 1.00 e. The number of nitrogens with zero attached hydrogens (tertiary/aromatic N) is 2. The van der Waals surface area contributed by atoms with Crippen LogP contribution in [-0.2, 0) is 31.3 Å². The molecule has 0 aromatic carbocycles. The monoisotopic (exact) mass is 231 g/mol. The second-order valence-electron chi connectivity index (χ2n) is 0.880. The zero-order valence-electron chi connectivity index (χ0n) is 5.25. The van der Waals surface area contributed by atoms with Gasteiger partial charge in [-0.2, -0.15) is 0 Å². The van der Waals surface area contributed by atoms with Crippen LogP contribution in [0.3, 0.4) is 0 Å². The Kier molecular flexibility index (Phi) is 3.62. The summed E-state index contributed by atoms with van der Waals surface area (Å²) in [5, 5.41) is 15.8. The Labute approximate surface area is 63.6 Å². The molecule has 0 atom stereocenters. The van der Waals surface area contributed by atoms with Crippen molar-refractivity contribution < 1.29 is 42.9 Å². The molecule has 0 aliphatic rings. The van der Waals surface area contributed by atoms with Gasteiger partial charge in [-0.1, -0.05) is 0 Å². The summed E-state index contributed by atoms with van der Waals surface area (Å²) in [7, 11) is 0. The van der Waals surface area contributed by atoms with E-state index in [1.807, 2.05) is 0 Å². The van der Waals surface area contributed by atoms with Gasteiger partial charge in [0.1, 0.15) is 0 Å². The average molecular weight is 232 g/mol. The summed E-state index contributed by atoms with van der Waals surface area (Å²) in [6.45, 7) is 0. The maximum absolute atomic E-state index is 10.0. The molecule has 9 nitrogen and oxygen atoms in total. The minimum absolute atomic E-state index is 0. The molecular formula is HN2O7Zr-. The molecule has 0 saturated carbocycles. The Morgan fingerprint density at radius 2 is 1.50 bits per heavy atom. The third-order valence-corrected chi connectivity index (χ3v) is 1.76. The first-order valence-electron chi connectivity index (χ1n) is 1.71. The Hall–Kier alpha value is -0.917. The Balaban J connectivity index is 0. The first-order chi connectivity index (χ1) is 4.52. The van der Waals surface area contributed by atoms with Gasteiger partial charge in [0.05, 0.1) is 0 Å². The predicted octanol–water partition coefficient (Wildman–Crippen LogP) is -0.691. The minimum atomic E-state index is -4.48. The molecule has 0 unspecified atom stereocenters. The molecule has 0 aromatic heterocycles. The molecule has 0 aromatic rings. The van der Waals surface area contributed by atoms with Crippen LogP contribution in [0.4, 0.5) is 0 Å². The van der Waals surface area contributed by atoms with Crippen molar-refractivity contribution >= 4 is 0 Å². The molecule has 58 valence electrons. The zero-order valence-corrected chi connectivity index (χ0v) is 6.71. The third-order valence-electron chi connectivity index (χ3n) is 0.298. The molecule has 0 fully saturated rings. The van der Waals surface area contributed by atoms with Crippen molar-refractivity contribution in [3.05, 3.63) is 20.2 Å². The van der Waals surface area contributed by atoms with Crippen molar-refractivity contribution in [3.8, 4) is 0 Å². The van der Waals surface area contributed by atoms with Crippen LogP contribution in [0, 0.1) is 20.2 Å². The number of hydrogen-bond donors (Lipinski definition) is 0. The molecule has 0 spiro atoms. The second-order valence-corrected chi connectivity index (χ2v) is 3.01. The summed E-state index contributed by atoms with van der Waals surface area (Å²) in [6.07, 6.45) is 0. The summed E-state index contributed by atoms with van der Waals surface area (Å²) in [6, 6.07) is 0. The third kappa shape index (κ3) is 5.22. The molecule has 0 rings (SSSR count). The van der Waals surface area contributed by atoms with E-state index >= 15 is 0 Å².